The van der Waals surface area contributed by atoms with Gasteiger partial charge >= 0.3 is 12.1 Å². The molecule has 0 aliphatic heterocycles. The van der Waals surface area contributed by atoms with E-state index >= 15 is 0 Å². The van der Waals surface area contributed by atoms with E-state index in [-0.39, 0.29) is 48.7 Å². The number of carbonyl (C=O) groups excluding carboxylic acids is 3. The van der Waals surface area contributed by atoms with Crippen molar-refractivity contribution in [3.05, 3.63) is 64.7 Å². The second-order valence-corrected chi connectivity index (χ2v) is 6.52. The van der Waals surface area contributed by atoms with Gasteiger partial charge in [0.2, 0.25) is 0 Å². The van der Waals surface area contributed by atoms with Crippen molar-refractivity contribution in [2.75, 3.05) is 13.7 Å². The number of ketones is 1. The topological polar surface area (TPSA) is 81.7 Å². The average molecular weight is 437 g/mol. The van der Waals surface area contributed by atoms with Crippen molar-refractivity contribution in [2.24, 2.45) is 0 Å². The number of hydrogen-bond acceptors (Lipinski definition) is 5. The zero-order chi connectivity index (χ0) is 23.0. The molecule has 2 rings (SSSR count). The highest BCUT2D eigenvalue weighted by molar-refractivity contribution is 6.03. The number of carbonyl (C=O) groups is 3. The number of methoxy groups -OCH3 is 1. The summed E-state index contributed by atoms with van der Waals surface area (Å²) in [5.41, 5.74) is 0.0328. The summed E-state index contributed by atoms with van der Waals surface area (Å²) < 4.78 is 47.8. The Bertz CT molecular complexity index is 939. The van der Waals surface area contributed by atoms with Gasteiger partial charge in [-0.1, -0.05) is 12.1 Å². The quantitative estimate of drug-likeness (QED) is 0.470. The van der Waals surface area contributed by atoms with Gasteiger partial charge in [0.15, 0.2) is 5.78 Å². The number of ether oxygens (including phenoxy) is 2. The van der Waals surface area contributed by atoms with Crippen molar-refractivity contribution in [1.82, 2.24) is 5.32 Å². The van der Waals surface area contributed by atoms with Crippen molar-refractivity contribution < 1.29 is 37.0 Å². The van der Waals surface area contributed by atoms with Gasteiger partial charge in [0.05, 0.1) is 31.3 Å². The minimum absolute atomic E-state index is 0.00907. The monoisotopic (exact) mass is 437 g/mol. The molecule has 0 aromatic heterocycles. The van der Waals surface area contributed by atoms with Gasteiger partial charge in [-0.3, -0.25) is 14.4 Å². The number of rotatable bonds is 9. The highest BCUT2D eigenvalue weighted by Crippen LogP contribution is 2.29. The molecular weight excluding hydrogens is 415 g/mol. The first-order valence-corrected chi connectivity index (χ1v) is 9.47. The van der Waals surface area contributed by atoms with E-state index in [4.69, 9.17) is 9.47 Å². The Balaban J connectivity index is 2.06. The van der Waals surface area contributed by atoms with E-state index in [0.29, 0.717) is 5.56 Å². The van der Waals surface area contributed by atoms with Crippen molar-refractivity contribution in [1.29, 1.82) is 0 Å². The second kappa shape index (κ2) is 10.6. The van der Waals surface area contributed by atoms with Gasteiger partial charge in [-0.25, -0.2) is 0 Å². The number of hydrogen-bond donors (Lipinski definition) is 1. The average Bonchev–Trinajstić information content (AvgIpc) is 2.75. The zero-order valence-corrected chi connectivity index (χ0v) is 17.0. The van der Waals surface area contributed by atoms with Crippen LogP contribution in [0.4, 0.5) is 13.2 Å². The number of Topliss-reactive ketones (excluding diaryl/α,β-unsaturated/α-hetero) is 1. The van der Waals surface area contributed by atoms with E-state index in [0.717, 1.165) is 12.1 Å². The Morgan fingerprint density at radius 1 is 1.00 bits per heavy atom. The molecule has 31 heavy (non-hydrogen) atoms. The molecule has 0 atom stereocenters. The van der Waals surface area contributed by atoms with Crippen molar-refractivity contribution in [2.45, 2.75) is 32.5 Å². The molecule has 0 unspecified atom stereocenters. The molecule has 0 saturated carbocycles. The standard InChI is InChI=1S/C22H22F3NO5/c1-3-31-20(28)11-9-18(27)17-12-15(6-10-19(17)30-2)21(29)26-13-14-4-7-16(8-5-14)22(23,24)25/h4-8,10,12H,3,9,11,13H2,1-2H3,(H,26,29). The first-order chi connectivity index (χ1) is 14.7. The van der Waals surface area contributed by atoms with E-state index in [9.17, 15) is 27.6 Å². The zero-order valence-electron chi connectivity index (χ0n) is 17.0. The van der Waals surface area contributed by atoms with Crippen LogP contribution in [-0.2, 0) is 22.3 Å². The highest BCUT2D eigenvalue weighted by Gasteiger charge is 2.29. The smallest absolute Gasteiger partial charge is 0.416 e. The lowest BCUT2D eigenvalue weighted by atomic mass is 10.0. The summed E-state index contributed by atoms with van der Waals surface area (Å²) in [6, 6.07) is 8.72. The fourth-order valence-corrected chi connectivity index (χ4v) is 2.75. The lowest BCUT2D eigenvalue weighted by molar-refractivity contribution is -0.143. The molecule has 0 radical (unpaired) electrons. The third-order valence-corrected chi connectivity index (χ3v) is 4.36. The maximum atomic E-state index is 12.6. The van der Waals surface area contributed by atoms with Gasteiger partial charge < -0.3 is 14.8 Å². The first-order valence-electron chi connectivity index (χ1n) is 9.47. The predicted octanol–water partition coefficient (Wildman–Crippen LogP) is 4.17. The molecule has 1 amide bonds. The van der Waals surface area contributed by atoms with Gasteiger partial charge in [0.1, 0.15) is 5.75 Å². The Labute approximate surface area is 177 Å². The van der Waals surface area contributed by atoms with Crippen LogP contribution in [0.25, 0.3) is 0 Å². The first kappa shape index (κ1) is 23.9. The number of benzene rings is 2. The number of nitrogens with one attached hydrogen (secondary N) is 1. The van der Waals surface area contributed by atoms with Crippen molar-refractivity contribution >= 4 is 17.7 Å². The fourth-order valence-electron chi connectivity index (χ4n) is 2.75. The summed E-state index contributed by atoms with van der Waals surface area (Å²) in [6.45, 7) is 1.88. The lowest BCUT2D eigenvalue weighted by Gasteiger charge is -2.11. The highest BCUT2D eigenvalue weighted by atomic mass is 19.4. The Morgan fingerprint density at radius 3 is 2.26 bits per heavy atom. The van der Waals surface area contributed by atoms with E-state index in [1.165, 1.54) is 37.4 Å². The fraction of sp³-hybridized carbons (Fsp3) is 0.318. The van der Waals surface area contributed by atoms with Gasteiger partial charge in [-0.05, 0) is 42.8 Å². The lowest BCUT2D eigenvalue weighted by Crippen LogP contribution is -2.23. The molecule has 0 bridgehead atoms. The largest absolute Gasteiger partial charge is 0.496 e. The Kier molecular flexibility index (Phi) is 8.18. The summed E-state index contributed by atoms with van der Waals surface area (Å²) >= 11 is 0. The summed E-state index contributed by atoms with van der Waals surface area (Å²) in [6.07, 6.45) is -4.63. The third-order valence-electron chi connectivity index (χ3n) is 4.36. The van der Waals surface area contributed by atoms with E-state index in [1.54, 1.807) is 6.92 Å². The van der Waals surface area contributed by atoms with Crippen LogP contribution < -0.4 is 10.1 Å². The minimum atomic E-state index is -4.43. The maximum Gasteiger partial charge on any atom is 0.416 e. The summed E-state index contributed by atoms with van der Waals surface area (Å²) in [4.78, 5) is 36.4. The van der Waals surface area contributed by atoms with Crippen molar-refractivity contribution in [3.63, 3.8) is 0 Å². The molecule has 2 aromatic carbocycles. The van der Waals surface area contributed by atoms with Crippen LogP contribution in [0, 0.1) is 0 Å². The van der Waals surface area contributed by atoms with Gasteiger partial charge in [-0.15, -0.1) is 0 Å². The predicted molar refractivity (Wildman–Crippen MR) is 106 cm³/mol. The van der Waals surface area contributed by atoms with E-state index in [2.05, 4.69) is 5.32 Å². The molecule has 9 heteroatoms. The number of amides is 1. The number of esters is 1. The molecule has 0 saturated heterocycles. The van der Waals surface area contributed by atoms with E-state index in [1.807, 2.05) is 0 Å². The van der Waals surface area contributed by atoms with Gasteiger partial charge in [-0.2, -0.15) is 13.2 Å². The number of halogens is 3. The normalized spacial score (nSPS) is 11.0. The van der Waals surface area contributed by atoms with Crippen LogP contribution in [0.3, 0.4) is 0 Å². The van der Waals surface area contributed by atoms with E-state index < -0.39 is 23.6 Å². The molecule has 166 valence electrons. The molecule has 0 aliphatic carbocycles. The molecule has 6 nitrogen and oxygen atoms in total. The molecule has 0 heterocycles. The van der Waals surface area contributed by atoms with Crippen LogP contribution >= 0.6 is 0 Å². The van der Waals surface area contributed by atoms with Crippen LogP contribution in [-0.4, -0.2) is 31.4 Å². The van der Waals surface area contributed by atoms with Gasteiger partial charge in [0.25, 0.3) is 5.91 Å². The molecule has 2 aromatic rings. The van der Waals surface area contributed by atoms with Crippen LogP contribution in [0.2, 0.25) is 0 Å². The van der Waals surface area contributed by atoms with Gasteiger partial charge in [0, 0.05) is 18.5 Å². The Morgan fingerprint density at radius 2 is 1.68 bits per heavy atom. The summed E-state index contributed by atoms with van der Waals surface area (Å²) in [5, 5.41) is 2.60. The maximum absolute atomic E-state index is 12.6. The van der Waals surface area contributed by atoms with Crippen molar-refractivity contribution in [3.8, 4) is 5.75 Å². The molecule has 0 aliphatic rings. The minimum Gasteiger partial charge on any atom is -0.496 e. The molecular formula is C22H22F3NO5. The molecule has 1 N–H and O–H groups in total. The molecule has 0 fully saturated rings. The SMILES string of the molecule is CCOC(=O)CCC(=O)c1cc(C(=O)NCc2ccc(C(F)(F)F)cc2)ccc1OC. The molecule has 0 spiro atoms. The third kappa shape index (κ3) is 6.84. The van der Waals surface area contributed by atoms with Crippen LogP contribution in [0.1, 0.15) is 51.6 Å². The second-order valence-electron chi connectivity index (χ2n) is 6.52. The number of alkyl halides is 3. The summed E-state index contributed by atoms with van der Waals surface area (Å²) in [7, 11) is 1.38. The van der Waals surface area contributed by atoms with Crippen LogP contribution in [0.15, 0.2) is 42.5 Å². The summed E-state index contributed by atoms with van der Waals surface area (Å²) in [5.74, 6) is -1.14. The Hall–Kier alpha value is -3.36. The van der Waals surface area contributed by atoms with Crippen LogP contribution in [0.5, 0.6) is 5.75 Å².